The van der Waals surface area contributed by atoms with Crippen LogP contribution >= 0.6 is 0 Å². The summed E-state index contributed by atoms with van der Waals surface area (Å²) >= 11 is 0. The molecule has 0 spiro atoms. The van der Waals surface area contributed by atoms with Crippen LogP contribution in [-0.2, 0) is 6.42 Å². The summed E-state index contributed by atoms with van der Waals surface area (Å²) in [7, 11) is 0. The largest absolute Gasteiger partial charge is 0.508 e. The number of rotatable bonds is 3. The third-order valence-corrected chi connectivity index (χ3v) is 5.48. The Morgan fingerprint density at radius 2 is 1.96 bits per heavy atom. The highest BCUT2D eigenvalue weighted by atomic mass is 16.3. The van der Waals surface area contributed by atoms with Gasteiger partial charge in [-0.1, -0.05) is 12.1 Å². The molecule has 5 heteroatoms. The summed E-state index contributed by atoms with van der Waals surface area (Å²) < 4.78 is 2.02. The van der Waals surface area contributed by atoms with E-state index in [0.717, 1.165) is 41.0 Å². The molecule has 0 aliphatic heterocycles. The molecule has 0 saturated carbocycles. The Bertz CT molecular complexity index is 1100. The maximum absolute atomic E-state index is 13.0. The number of amides is 1. The van der Waals surface area contributed by atoms with Crippen LogP contribution in [0.4, 0.5) is 0 Å². The number of nitrogens with one attached hydrogen (secondary N) is 1. The van der Waals surface area contributed by atoms with Crippen molar-refractivity contribution in [1.29, 1.82) is 5.26 Å². The van der Waals surface area contributed by atoms with Gasteiger partial charge in [0, 0.05) is 17.1 Å². The number of aromatic nitrogens is 1. The molecule has 1 unspecified atom stereocenters. The third kappa shape index (κ3) is 2.93. The molecule has 0 saturated heterocycles. The fourth-order valence-corrected chi connectivity index (χ4v) is 4.10. The molecule has 28 heavy (non-hydrogen) atoms. The molecule has 1 aliphatic carbocycles. The van der Waals surface area contributed by atoms with Gasteiger partial charge in [-0.2, -0.15) is 5.26 Å². The lowest BCUT2D eigenvalue weighted by molar-refractivity contribution is 0.0936. The Hall–Kier alpha value is -3.52. The number of hydrogen-bond donors (Lipinski definition) is 2. The number of carbonyl (C=O) groups excluding carboxylic acids is 1. The zero-order valence-corrected chi connectivity index (χ0v) is 15.9. The quantitative estimate of drug-likeness (QED) is 0.728. The molecule has 3 aromatic rings. The van der Waals surface area contributed by atoms with Crippen LogP contribution in [0.15, 0.2) is 48.5 Å². The minimum absolute atomic E-state index is 0.0902. The van der Waals surface area contributed by atoms with Crippen LogP contribution in [0.25, 0.3) is 5.69 Å². The van der Waals surface area contributed by atoms with Crippen molar-refractivity contribution in [3.63, 3.8) is 0 Å². The number of aromatic hydroxyl groups is 1. The number of aryl methyl sites for hydroxylation is 1. The standard InChI is InChI=1S/C23H21N3O2/c1-14-12-20(15(2)26(14)17-8-6-16(13-24)7-9-17)23(28)25-21-11-10-19-18(21)4-3-5-22(19)27/h3-9,12,21,27H,10-11H2,1-2H3,(H,25,28). The van der Waals surface area contributed by atoms with Crippen LogP contribution < -0.4 is 5.32 Å². The number of phenols is 1. The number of nitriles is 1. The highest BCUT2D eigenvalue weighted by Crippen LogP contribution is 2.36. The van der Waals surface area contributed by atoms with Crippen molar-refractivity contribution in [3.8, 4) is 17.5 Å². The second-order valence-corrected chi connectivity index (χ2v) is 7.19. The minimum Gasteiger partial charge on any atom is -0.508 e. The molecular formula is C23H21N3O2. The Kier molecular flexibility index (Phi) is 4.40. The van der Waals surface area contributed by atoms with E-state index in [1.807, 2.05) is 48.7 Å². The van der Waals surface area contributed by atoms with Crippen molar-refractivity contribution in [1.82, 2.24) is 9.88 Å². The molecule has 1 heterocycles. The van der Waals surface area contributed by atoms with Crippen molar-refractivity contribution in [2.24, 2.45) is 0 Å². The monoisotopic (exact) mass is 371 g/mol. The Labute approximate surface area is 163 Å². The van der Waals surface area contributed by atoms with E-state index >= 15 is 0 Å². The second-order valence-electron chi connectivity index (χ2n) is 7.19. The normalized spacial score (nSPS) is 15.1. The fraction of sp³-hybridized carbons (Fsp3) is 0.217. The summed E-state index contributed by atoms with van der Waals surface area (Å²) in [5.74, 6) is 0.183. The first-order valence-electron chi connectivity index (χ1n) is 9.30. The molecule has 1 aliphatic rings. The zero-order chi connectivity index (χ0) is 19.8. The number of hydrogen-bond acceptors (Lipinski definition) is 3. The number of benzene rings is 2. The third-order valence-electron chi connectivity index (χ3n) is 5.48. The topological polar surface area (TPSA) is 78.0 Å². The molecule has 1 atom stereocenters. The number of fused-ring (bicyclic) bond motifs is 1. The molecule has 0 radical (unpaired) electrons. The maximum Gasteiger partial charge on any atom is 0.253 e. The molecule has 0 fully saturated rings. The smallest absolute Gasteiger partial charge is 0.253 e. The summed E-state index contributed by atoms with van der Waals surface area (Å²) in [6.45, 7) is 3.89. The lowest BCUT2D eigenvalue weighted by Crippen LogP contribution is -2.27. The average molecular weight is 371 g/mol. The number of nitrogens with zero attached hydrogens (tertiary/aromatic N) is 2. The van der Waals surface area contributed by atoms with Crippen LogP contribution in [0.3, 0.4) is 0 Å². The summed E-state index contributed by atoms with van der Waals surface area (Å²) in [5, 5.41) is 22.1. The van der Waals surface area contributed by atoms with Gasteiger partial charge in [0.1, 0.15) is 5.75 Å². The van der Waals surface area contributed by atoms with E-state index in [1.165, 1.54) is 0 Å². The molecule has 1 aromatic heterocycles. The van der Waals surface area contributed by atoms with Crippen LogP contribution in [0, 0.1) is 25.2 Å². The van der Waals surface area contributed by atoms with Gasteiger partial charge in [-0.15, -0.1) is 0 Å². The first-order valence-corrected chi connectivity index (χ1v) is 9.30. The maximum atomic E-state index is 13.0. The van der Waals surface area contributed by atoms with Crippen LogP contribution in [0.5, 0.6) is 5.75 Å². The van der Waals surface area contributed by atoms with E-state index in [2.05, 4.69) is 11.4 Å². The Balaban J connectivity index is 1.61. The van der Waals surface area contributed by atoms with Gasteiger partial charge < -0.3 is 15.0 Å². The van der Waals surface area contributed by atoms with E-state index in [0.29, 0.717) is 16.9 Å². The van der Waals surface area contributed by atoms with Crippen LogP contribution in [0.1, 0.15) is 50.9 Å². The van der Waals surface area contributed by atoms with Crippen LogP contribution in [0.2, 0.25) is 0 Å². The summed E-state index contributed by atoms with van der Waals surface area (Å²) in [4.78, 5) is 13.0. The van der Waals surface area contributed by atoms with Crippen LogP contribution in [-0.4, -0.2) is 15.6 Å². The summed E-state index contributed by atoms with van der Waals surface area (Å²) in [5.41, 5.74) is 5.89. The first-order chi connectivity index (χ1) is 13.5. The lowest BCUT2D eigenvalue weighted by Gasteiger charge is -2.15. The average Bonchev–Trinajstić information content (AvgIpc) is 3.23. The lowest BCUT2D eigenvalue weighted by atomic mass is 10.1. The predicted molar refractivity (Wildman–Crippen MR) is 107 cm³/mol. The van der Waals surface area contributed by atoms with E-state index in [4.69, 9.17) is 5.26 Å². The molecule has 5 nitrogen and oxygen atoms in total. The van der Waals surface area contributed by atoms with Crippen molar-refractivity contribution < 1.29 is 9.90 Å². The van der Waals surface area contributed by atoms with E-state index in [9.17, 15) is 9.90 Å². The predicted octanol–water partition coefficient (Wildman–Crippen LogP) is 4.09. The Morgan fingerprint density at radius 3 is 2.68 bits per heavy atom. The molecule has 4 rings (SSSR count). The molecule has 2 aromatic carbocycles. The van der Waals surface area contributed by atoms with Gasteiger partial charge in [0.15, 0.2) is 0 Å². The van der Waals surface area contributed by atoms with E-state index in [-0.39, 0.29) is 11.9 Å². The van der Waals surface area contributed by atoms with E-state index in [1.54, 1.807) is 18.2 Å². The summed E-state index contributed by atoms with van der Waals surface area (Å²) in [6.07, 6.45) is 1.55. The second kappa shape index (κ2) is 6.90. The number of phenolic OH excluding ortho intramolecular Hbond substituents is 1. The van der Waals surface area contributed by atoms with Gasteiger partial charge in [-0.3, -0.25) is 4.79 Å². The number of carbonyl (C=O) groups is 1. The zero-order valence-electron chi connectivity index (χ0n) is 15.9. The summed E-state index contributed by atoms with van der Waals surface area (Å²) in [6, 6.07) is 16.7. The molecule has 1 amide bonds. The molecule has 2 N–H and O–H groups in total. The van der Waals surface area contributed by atoms with Gasteiger partial charge in [0.2, 0.25) is 0 Å². The minimum atomic E-state index is -0.116. The van der Waals surface area contributed by atoms with Crippen molar-refractivity contribution in [2.45, 2.75) is 32.7 Å². The fourth-order valence-electron chi connectivity index (χ4n) is 4.10. The highest BCUT2D eigenvalue weighted by Gasteiger charge is 2.27. The van der Waals surface area contributed by atoms with Crippen molar-refractivity contribution in [3.05, 3.63) is 82.2 Å². The van der Waals surface area contributed by atoms with Gasteiger partial charge in [0.25, 0.3) is 5.91 Å². The van der Waals surface area contributed by atoms with Crippen molar-refractivity contribution in [2.75, 3.05) is 0 Å². The first kappa shape index (κ1) is 17.9. The molecular weight excluding hydrogens is 350 g/mol. The van der Waals surface area contributed by atoms with Gasteiger partial charge in [-0.05, 0) is 74.2 Å². The van der Waals surface area contributed by atoms with Gasteiger partial charge in [0.05, 0.1) is 23.2 Å². The Morgan fingerprint density at radius 1 is 1.21 bits per heavy atom. The highest BCUT2D eigenvalue weighted by molar-refractivity contribution is 5.96. The molecule has 140 valence electrons. The SMILES string of the molecule is Cc1cc(C(=O)NC2CCc3c(O)cccc32)c(C)n1-c1ccc(C#N)cc1. The molecule has 0 bridgehead atoms. The van der Waals surface area contributed by atoms with Gasteiger partial charge >= 0.3 is 0 Å². The van der Waals surface area contributed by atoms with Crippen molar-refractivity contribution >= 4 is 5.91 Å². The van der Waals surface area contributed by atoms with Gasteiger partial charge in [-0.25, -0.2) is 0 Å². The van der Waals surface area contributed by atoms with E-state index < -0.39 is 0 Å².